The van der Waals surface area contributed by atoms with Crippen LogP contribution in [0, 0.1) is 0 Å². The fourth-order valence-electron chi connectivity index (χ4n) is 1.29. The van der Waals surface area contributed by atoms with E-state index in [-0.39, 0.29) is 5.02 Å². The van der Waals surface area contributed by atoms with E-state index in [1.807, 2.05) is 0 Å². The fraction of sp³-hybridized carbons (Fsp3) is 0.400. The second kappa shape index (κ2) is 4.60. The highest BCUT2D eigenvalue weighted by Crippen LogP contribution is 2.48. The van der Waals surface area contributed by atoms with Crippen molar-refractivity contribution in [1.29, 1.82) is 0 Å². The molecule has 0 spiro atoms. The summed E-state index contributed by atoms with van der Waals surface area (Å²) in [5.41, 5.74) is -5.77. The van der Waals surface area contributed by atoms with Crippen LogP contribution < -0.4 is 0 Å². The summed E-state index contributed by atoms with van der Waals surface area (Å²) in [6, 6.07) is 4.20. The van der Waals surface area contributed by atoms with E-state index in [1.54, 1.807) is 0 Å². The molecule has 1 aromatic carbocycles. The van der Waals surface area contributed by atoms with Crippen LogP contribution in [0.25, 0.3) is 0 Å². The van der Waals surface area contributed by atoms with E-state index in [4.69, 9.17) is 11.6 Å². The molecule has 102 valence electrons. The summed E-state index contributed by atoms with van der Waals surface area (Å²) in [4.78, 5) is 0. The molecule has 0 aliphatic carbocycles. The highest BCUT2D eigenvalue weighted by Gasteiger charge is 2.72. The minimum atomic E-state index is -6.05. The third-order valence-electron chi connectivity index (χ3n) is 2.24. The van der Waals surface area contributed by atoms with E-state index in [2.05, 4.69) is 0 Å². The van der Waals surface area contributed by atoms with Crippen molar-refractivity contribution in [2.24, 2.45) is 0 Å². The van der Waals surface area contributed by atoms with Gasteiger partial charge in [0.15, 0.2) is 0 Å². The van der Waals surface area contributed by atoms with Gasteiger partial charge in [0, 0.05) is 11.4 Å². The van der Waals surface area contributed by atoms with Crippen molar-refractivity contribution in [3.63, 3.8) is 0 Å². The summed E-state index contributed by atoms with van der Waals surface area (Å²) in [7, 11) is 0. The van der Waals surface area contributed by atoms with Gasteiger partial charge in [0.1, 0.15) is 0 Å². The molecule has 0 saturated heterocycles. The first-order valence-corrected chi connectivity index (χ1v) is 4.92. The molecule has 0 fully saturated rings. The van der Waals surface area contributed by atoms with Crippen molar-refractivity contribution in [2.75, 3.05) is 0 Å². The Balaban J connectivity index is 3.16. The van der Waals surface area contributed by atoms with Crippen LogP contribution in [-0.4, -0.2) is 18.0 Å². The summed E-state index contributed by atoms with van der Waals surface area (Å²) >= 11 is 5.42. The third-order valence-corrected chi connectivity index (χ3v) is 2.47. The topological polar surface area (TPSA) is 0 Å². The fourth-order valence-corrected chi connectivity index (χ4v) is 1.50. The Labute approximate surface area is 102 Å². The molecule has 0 aliphatic rings. The molecule has 0 aliphatic heterocycles. The molecule has 0 nitrogen and oxygen atoms in total. The van der Waals surface area contributed by atoms with Crippen LogP contribution in [0.3, 0.4) is 0 Å². The molecule has 1 rings (SSSR count). The summed E-state index contributed by atoms with van der Waals surface area (Å²) in [6.45, 7) is 0. The predicted octanol–water partition coefficient (Wildman–Crippen LogP) is 4.72. The van der Waals surface area contributed by atoms with Gasteiger partial charge in [-0.25, -0.2) is 4.39 Å². The second-order valence-electron chi connectivity index (χ2n) is 3.60. The van der Waals surface area contributed by atoms with Gasteiger partial charge in [-0.15, -0.1) is 0 Å². The Kier molecular flexibility index (Phi) is 3.86. The zero-order valence-electron chi connectivity index (χ0n) is 8.54. The molecule has 0 unspecified atom stereocenters. The maximum Gasteiger partial charge on any atom is 0.431 e. The molecule has 0 radical (unpaired) electrons. The average Bonchev–Trinajstić information content (AvgIpc) is 2.13. The van der Waals surface area contributed by atoms with Crippen molar-refractivity contribution < 1.29 is 30.7 Å². The van der Waals surface area contributed by atoms with Gasteiger partial charge in [-0.3, -0.25) is 0 Å². The van der Waals surface area contributed by atoms with Crippen molar-refractivity contribution in [3.8, 4) is 0 Å². The average molecular weight is 295 g/mol. The van der Waals surface area contributed by atoms with Crippen LogP contribution in [0.4, 0.5) is 30.7 Å². The molecule has 1 aromatic rings. The summed E-state index contributed by atoms with van der Waals surface area (Å²) < 4.78 is 86.9. The highest BCUT2D eigenvalue weighted by molar-refractivity contribution is 6.30. The Hall–Kier alpha value is -0.980. The van der Waals surface area contributed by atoms with Crippen molar-refractivity contribution >= 4 is 11.6 Å². The summed E-state index contributed by atoms with van der Waals surface area (Å²) in [5, 5.41) is -0.0702. The van der Waals surface area contributed by atoms with Crippen LogP contribution in [0.2, 0.25) is 5.02 Å². The van der Waals surface area contributed by atoms with Gasteiger partial charge >= 0.3 is 18.0 Å². The number of hydrogen-bond acceptors (Lipinski definition) is 0. The van der Waals surface area contributed by atoms with E-state index in [9.17, 15) is 30.7 Å². The minimum absolute atomic E-state index is 0.0702. The summed E-state index contributed by atoms with van der Waals surface area (Å²) in [5.74, 6) is 0. The molecule has 0 saturated carbocycles. The Morgan fingerprint density at radius 2 is 1.39 bits per heavy atom. The van der Waals surface area contributed by atoms with E-state index >= 15 is 0 Å². The molecule has 18 heavy (non-hydrogen) atoms. The zero-order chi connectivity index (χ0) is 14.2. The lowest BCUT2D eigenvalue weighted by Gasteiger charge is -2.30. The first-order chi connectivity index (χ1) is 7.97. The molecule has 0 atom stereocenters. The van der Waals surface area contributed by atoms with E-state index in [0.29, 0.717) is 0 Å². The second-order valence-corrected chi connectivity index (χ2v) is 4.04. The first-order valence-electron chi connectivity index (χ1n) is 4.54. The lowest BCUT2D eigenvalue weighted by molar-refractivity contribution is -0.340. The normalized spacial score (nSPS) is 13.8. The van der Waals surface area contributed by atoms with Crippen molar-refractivity contribution in [3.05, 3.63) is 34.9 Å². The van der Waals surface area contributed by atoms with Crippen LogP contribution in [0.5, 0.6) is 0 Å². The smallest absolute Gasteiger partial charge is 0.223 e. The zero-order valence-corrected chi connectivity index (χ0v) is 9.30. The van der Waals surface area contributed by atoms with Gasteiger partial charge in [0.25, 0.3) is 0 Å². The Bertz CT molecular complexity index is 407. The predicted molar refractivity (Wildman–Crippen MR) is 51.1 cm³/mol. The van der Waals surface area contributed by atoms with Crippen LogP contribution in [0.1, 0.15) is 5.56 Å². The molecular formula is C10H6ClF7. The lowest BCUT2D eigenvalue weighted by Crippen LogP contribution is -2.54. The largest absolute Gasteiger partial charge is 0.431 e. The number of rotatable bonds is 2. The minimum Gasteiger partial charge on any atom is -0.223 e. The van der Waals surface area contributed by atoms with Crippen LogP contribution in [0.15, 0.2) is 24.3 Å². The van der Waals surface area contributed by atoms with Gasteiger partial charge in [0.2, 0.25) is 0 Å². The molecule has 0 aromatic heterocycles. The van der Waals surface area contributed by atoms with Crippen molar-refractivity contribution in [2.45, 2.75) is 24.4 Å². The van der Waals surface area contributed by atoms with Gasteiger partial charge in [0.05, 0.1) is 0 Å². The van der Waals surface area contributed by atoms with Crippen molar-refractivity contribution in [1.82, 2.24) is 0 Å². The quantitative estimate of drug-likeness (QED) is 0.693. The number of hydrogen-bond donors (Lipinski definition) is 0. The van der Waals surface area contributed by atoms with Gasteiger partial charge < -0.3 is 0 Å². The number of alkyl halides is 7. The third kappa shape index (κ3) is 2.88. The Morgan fingerprint density at radius 3 is 1.78 bits per heavy atom. The monoisotopic (exact) mass is 294 g/mol. The molecule has 0 bridgehead atoms. The van der Waals surface area contributed by atoms with Gasteiger partial charge in [-0.05, 0) is 17.7 Å². The van der Waals surface area contributed by atoms with E-state index in [0.717, 1.165) is 18.2 Å². The SMILES string of the molecule is FC(F)(F)C(F)(Cc1cccc(Cl)c1)C(F)(F)F. The van der Waals surface area contributed by atoms with E-state index in [1.165, 1.54) is 6.07 Å². The van der Waals surface area contributed by atoms with Gasteiger partial charge in [-0.2, -0.15) is 26.3 Å². The molecule has 0 heterocycles. The maximum absolute atomic E-state index is 13.3. The number of benzene rings is 1. The summed E-state index contributed by atoms with van der Waals surface area (Å²) in [6.07, 6.45) is -14.0. The molecular weight excluding hydrogens is 289 g/mol. The molecule has 0 amide bonds. The lowest BCUT2D eigenvalue weighted by atomic mass is 9.95. The molecule has 0 N–H and O–H groups in total. The highest BCUT2D eigenvalue weighted by atomic mass is 35.5. The van der Waals surface area contributed by atoms with E-state index < -0.39 is 30.0 Å². The standard InChI is InChI=1S/C10H6ClF7/c11-7-3-1-2-6(4-7)5-8(12,9(13,14)15)10(16,17)18/h1-4H,5H2. The number of halogens is 8. The maximum atomic E-state index is 13.3. The van der Waals surface area contributed by atoms with Crippen LogP contribution >= 0.6 is 11.6 Å². The molecule has 8 heteroatoms. The van der Waals surface area contributed by atoms with Crippen LogP contribution in [-0.2, 0) is 6.42 Å². The first kappa shape index (κ1) is 15.1. The van der Waals surface area contributed by atoms with Gasteiger partial charge in [-0.1, -0.05) is 23.7 Å². The Morgan fingerprint density at radius 1 is 0.889 bits per heavy atom.